The first-order valence-electron chi connectivity index (χ1n) is 5.20. The predicted octanol–water partition coefficient (Wildman–Crippen LogP) is 2.64. The topological polar surface area (TPSA) is 23.6 Å². The maximum absolute atomic E-state index is 11.9. The lowest BCUT2D eigenvalue weighted by Gasteiger charge is -2.25. The molecular weight excluding hydrogens is 208 g/mol. The first kappa shape index (κ1) is 12.0. The minimum absolute atomic E-state index is 0.103. The molecule has 0 saturated carbocycles. The maximum Gasteiger partial charge on any atom is 0.320 e. The van der Waals surface area contributed by atoms with E-state index in [1.807, 2.05) is 31.2 Å². The lowest BCUT2D eigenvalue weighted by molar-refractivity contribution is 0.165. The molecule has 3 nitrogen and oxygen atoms in total. The molecule has 15 heavy (non-hydrogen) atoms. The molecule has 0 spiro atoms. The minimum atomic E-state index is 0.103. The van der Waals surface area contributed by atoms with Crippen LogP contribution >= 0.6 is 11.3 Å². The predicted molar refractivity (Wildman–Crippen MR) is 64.1 cm³/mol. The molecule has 0 aliphatic carbocycles. The number of carbonyl (C=O) groups excluding carboxylic acids is 1. The number of carbonyl (C=O) groups is 1. The van der Waals surface area contributed by atoms with Gasteiger partial charge in [0.15, 0.2) is 0 Å². The summed E-state index contributed by atoms with van der Waals surface area (Å²) in [5, 5.41) is 4.11. The van der Waals surface area contributed by atoms with Gasteiger partial charge in [-0.25, -0.2) is 4.79 Å². The van der Waals surface area contributed by atoms with Crippen molar-refractivity contribution in [1.29, 1.82) is 0 Å². The molecule has 0 aromatic carbocycles. The number of nitrogens with zero attached hydrogens (tertiary/aromatic N) is 2. The zero-order chi connectivity index (χ0) is 11.3. The third kappa shape index (κ3) is 3.23. The minimum Gasteiger partial charge on any atom is -0.325 e. The summed E-state index contributed by atoms with van der Waals surface area (Å²) in [7, 11) is 1.85. The second-order valence-electron chi connectivity index (χ2n) is 3.44. The second-order valence-corrected chi connectivity index (χ2v) is 4.22. The average molecular weight is 226 g/mol. The second kappa shape index (κ2) is 5.75. The largest absolute Gasteiger partial charge is 0.325 e. The van der Waals surface area contributed by atoms with E-state index in [0.717, 1.165) is 13.1 Å². The Morgan fingerprint density at radius 2 is 2.07 bits per heavy atom. The molecule has 0 saturated heterocycles. The summed E-state index contributed by atoms with van der Waals surface area (Å²) in [6, 6.07) is 2.16. The van der Waals surface area contributed by atoms with Gasteiger partial charge in [-0.15, -0.1) is 0 Å². The van der Waals surface area contributed by atoms with E-state index in [1.165, 1.54) is 5.56 Å². The molecule has 1 aromatic heterocycles. The van der Waals surface area contributed by atoms with Crippen molar-refractivity contribution in [3.05, 3.63) is 22.4 Å². The van der Waals surface area contributed by atoms with Gasteiger partial charge in [-0.1, -0.05) is 0 Å². The van der Waals surface area contributed by atoms with Gasteiger partial charge in [-0.2, -0.15) is 11.3 Å². The summed E-state index contributed by atoms with van der Waals surface area (Å²) in [5.41, 5.74) is 1.20. The molecule has 0 bridgehead atoms. The van der Waals surface area contributed by atoms with Gasteiger partial charge in [0.05, 0.1) is 0 Å². The fourth-order valence-corrected chi connectivity index (χ4v) is 2.12. The molecule has 4 heteroatoms. The van der Waals surface area contributed by atoms with Crippen molar-refractivity contribution < 1.29 is 4.79 Å². The van der Waals surface area contributed by atoms with E-state index in [0.29, 0.717) is 6.54 Å². The van der Waals surface area contributed by atoms with Crippen LogP contribution in [-0.4, -0.2) is 36.0 Å². The SMILES string of the molecule is CCN(CC)C(=O)N(C)Cc1ccsc1. The van der Waals surface area contributed by atoms with Crippen molar-refractivity contribution >= 4 is 17.4 Å². The Bertz CT molecular complexity index is 294. The first-order chi connectivity index (χ1) is 7.19. The van der Waals surface area contributed by atoms with Gasteiger partial charge in [0.1, 0.15) is 0 Å². The lowest BCUT2D eigenvalue weighted by atomic mass is 10.3. The van der Waals surface area contributed by atoms with Crippen LogP contribution in [0.25, 0.3) is 0 Å². The van der Waals surface area contributed by atoms with Gasteiger partial charge >= 0.3 is 6.03 Å². The molecule has 0 atom stereocenters. The molecule has 0 unspecified atom stereocenters. The van der Waals surface area contributed by atoms with E-state index in [2.05, 4.69) is 11.4 Å². The highest BCUT2D eigenvalue weighted by molar-refractivity contribution is 7.07. The smallest absolute Gasteiger partial charge is 0.320 e. The van der Waals surface area contributed by atoms with Crippen LogP contribution in [0.1, 0.15) is 19.4 Å². The van der Waals surface area contributed by atoms with Crippen molar-refractivity contribution in [2.75, 3.05) is 20.1 Å². The van der Waals surface area contributed by atoms with Crippen LogP contribution in [0.2, 0.25) is 0 Å². The molecular formula is C11H18N2OS. The van der Waals surface area contributed by atoms with Crippen molar-refractivity contribution in [2.45, 2.75) is 20.4 Å². The third-order valence-electron chi connectivity index (χ3n) is 2.36. The van der Waals surface area contributed by atoms with Crippen molar-refractivity contribution in [1.82, 2.24) is 9.80 Å². The van der Waals surface area contributed by atoms with Crippen LogP contribution in [0.15, 0.2) is 16.8 Å². The summed E-state index contributed by atoms with van der Waals surface area (Å²) in [6.45, 7) is 6.23. The van der Waals surface area contributed by atoms with Gasteiger partial charge in [0.25, 0.3) is 0 Å². The number of thiophene rings is 1. The quantitative estimate of drug-likeness (QED) is 0.774. The lowest BCUT2D eigenvalue weighted by Crippen LogP contribution is -2.40. The molecule has 0 aliphatic heterocycles. The Morgan fingerprint density at radius 3 is 2.53 bits per heavy atom. The van der Waals surface area contributed by atoms with Crippen LogP contribution in [0.5, 0.6) is 0 Å². The summed E-state index contributed by atoms with van der Waals surface area (Å²) >= 11 is 1.66. The molecule has 0 N–H and O–H groups in total. The average Bonchev–Trinajstić information content (AvgIpc) is 2.72. The fourth-order valence-electron chi connectivity index (χ4n) is 1.46. The molecule has 0 radical (unpaired) electrons. The molecule has 84 valence electrons. The molecule has 1 rings (SSSR count). The molecule has 1 aromatic rings. The Morgan fingerprint density at radius 1 is 1.40 bits per heavy atom. The van der Waals surface area contributed by atoms with E-state index in [4.69, 9.17) is 0 Å². The van der Waals surface area contributed by atoms with Gasteiger partial charge in [-0.3, -0.25) is 0 Å². The molecule has 1 heterocycles. The Kier molecular flexibility index (Phi) is 4.62. The Balaban J connectivity index is 2.53. The monoisotopic (exact) mass is 226 g/mol. The molecule has 2 amide bonds. The summed E-state index contributed by atoms with van der Waals surface area (Å²) in [5.74, 6) is 0. The van der Waals surface area contributed by atoms with E-state index in [-0.39, 0.29) is 6.03 Å². The van der Waals surface area contributed by atoms with E-state index in [1.54, 1.807) is 16.2 Å². The highest BCUT2D eigenvalue weighted by Crippen LogP contribution is 2.09. The highest BCUT2D eigenvalue weighted by atomic mass is 32.1. The van der Waals surface area contributed by atoms with Crippen molar-refractivity contribution in [3.8, 4) is 0 Å². The number of rotatable bonds is 4. The third-order valence-corrected chi connectivity index (χ3v) is 3.09. The van der Waals surface area contributed by atoms with Gasteiger partial charge < -0.3 is 9.80 Å². The highest BCUT2D eigenvalue weighted by Gasteiger charge is 2.14. The molecule has 0 fully saturated rings. The van der Waals surface area contributed by atoms with Gasteiger partial charge in [-0.05, 0) is 36.2 Å². The first-order valence-corrected chi connectivity index (χ1v) is 6.14. The number of amides is 2. The van der Waals surface area contributed by atoms with Crippen LogP contribution in [0, 0.1) is 0 Å². The normalized spacial score (nSPS) is 10.1. The zero-order valence-electron chi connectivity index (χ0n) is 9.56. The summed E-state index contributed by atoms with van der Waals surface area (Å²) in [4.78, 5) is 15.5. The summed E-state index contributed by atoms with van der Waals surface area (Å²) < 4.78 is 0. The zero-order valence-corrected chi connectivity index (χ0v) is 10.4. The van der Waals surface area contributed by atoms with E-state index >= 15 is 0 Å². The standard InChI is InChI=1S/C11H18N2OS/c1-4-13(5-2)11(14)12(3)8-10-6-7-15-9-10/h6-7,9H,4-5,8H2,1-3H3. The number of hydrogen-bond donors (Lipinski definition) is 0. The van der Waals surface area contributed by atoms with Gasteiger partial charge in [0.2, 0.25) is 0 Å². The number of urea groups is 1. The van der Waals surface area contributed by atoms with E-state index < -0.39 is 0 Å². The van der Waals surface area contributed by atoms with Crippen LogP contribution in [0.4, 0.5) is 4.79 Å². The van der Waals surface area contributed by atoms with Crippen LogP contribution < -0.4 is 0 Å². The van der Waals surface area contributed by atoms with Crippen molar-refractivity contribution in [3.63, 3.8) is 0 Å². The van der Waals surface area contributed by atoms with Crippen molar-refractivity contribution in [2.24, 2.45) is 0 Å². The Labute approximate surface area is 95.3 Å². The fraction of sp³-hybridized carbons (Fsp3) is 0.545. The number of hydrogen-bond acceptors (Lipinski definition) is 2. The molecule has 0 aliphatic rings. The van der Waals surface area contributed by atoms with Crippen LogP contribution in [-0.2, 0) is 6.54 Å². The van der Waals surface area contributed by atoms with Gasteiger partial charge in [0, 0.05) is 26.7 Å². The van der Waals surface area contributed by atoms with Crippen LogP contribution in [0.3, 0.4) is 0 Å². The maximum atomic E-state index is 11.9. The summed E-state index contributed by atoms with van der Waals surface area (Å²) in [6.07, 6.45) is 0. The Hall–Kier alpha value is -1.03. The van der Waals surface area contributed by atoms with E-state index in [9.17, 15) is 4.79 Å².